The van der Waals surface area contributed by atoms with Crippen molar-refractivity contribution in [3.63, 3.8) is 0 Å². The SMILES string of the molecule is O=Cc1cn(CCOCCO)cn1. The molecule has 0 aliphatic carbocycles. The lowest BCUT2D eigenvalue weighted by Crippen LogP contribution is -2.06. The van der Waals surface area contributed by atoms with Gasteiger partial charge in [0, 0.05) is 12.7 Å². The van der Waals surface area contributed by atoms with Crippen molar-refractivity contribution >= 4 is 6.29 Å². The van der Waals surface area contributed by atoms with Gasteiger partial charge in [0.2, 0.25) is 0 Å². The van der Waals surface area contributed by atoms with Crippen LogP contribution < -0.4 is 0 Å². The molecule has 0 unspecified atom stereocenters. The second-order valence-corrected chi connectivity index (χ2v) is 2.49. The first-order valence-corrected chi connectivity index (χ1v) is 4.02. The Kier molecular flexibility index (Phi) is 4.14. The van der Waals surface area contributed by atoms with E-state index >= 15 is 0 Å². The van der Waals surface area contributed by atoms with Gasteiger partial charge in [-0.3, -0.25) is 4.79 Å². The minimum absolute atomic E-state index is 0.0313. The summed E-state index contributed by atoms with van der Waals surface area (Å²) in [6.45, 7) is 1.52. The molecular weight excluding hydrogens is 172 g/mol. The van der Waals surface area contributed by atoms with E-state index in [1.54, 1.807) is 17.1 Å². The van der Waals surface area contributed by atoms with Gasteiger partial charge in [-0.2, -0.15) is 0 Å². The Morgan fingerprint density at radius 3 is 3.08 bits per heavy atom. The number of rotatable bonds is 6. The molecule has 5 nitrogen and oxygen atoms in total. The third-order valence-corrected chi connectivity index (χ3v) is 1.50. The zero-order valence-electron chi connectivity index (χ0n) is 7.22. The van der Waals surface area contributed by atoms with Crippen molar-refractivity contribution in [2.24, 2.45) is 0 Å². The highest BCUT2D eigenvalue weighted by atomic mass is 16.5. The maximum Gasteiger partial charge on any atom is 0.169 e. The molecule has 0 atom stereocenters. The van der Waals surface area contributed by atoms with E-state index in [-0.39, 0.29) is 6.61 Å². The number of aliphatic hydroxyl groups is 1. The monoisotopic (exact) mass is 184 g/mol. The molecule has 13 heavy (non-hydrogen) atoms. The topological polar surface area (TPSA) is 64.3 Å². The molecule has 5 heteroatoms. The highest BCUT2D eigenvalue weighted by Gasteiger charge is 1.95. The normalized spacial score (nSPS) is 10.2. The lowest BCUT2D eigenvalue weighted by atomic mass is 10.5. The first-order chi connectivity index (χ1) is 6.36. The maximum atomic E-state index is 10.3. The van der Waals surface area contributed by atoms with Crippen molar-refractivity contribution in [2.45, 2.75) is 6.54 Å². The predicted molar refractivity (Wildman–Crippen MR) is 45.5 cm³/mol. The molecule has 0 spiro atoms. The van der Waals surface area contributed by atoms with Crippen molar-refractivity contribution in [3.05, 3.63) is 18.2 Å². The van der Waals surface area contributed by atoms with Gasteiger partial charge < -0.3 is 14.4 Å². The van der Waals surface area contributed by atoms with Crippen molar-refractivity contribution in [1.29, 1.82) is 0 Å². The second-order valence-electron chi connectivity index (χ2n) is 2.49. The molecule has 0 aromatic carbocycles. The lowest BCUT2D eigenvalue weighted by molar-refractivity contribution is 0.0869. The summed E-state index contributed by atoms with van der Waals surface area (Å²) in [5.41, 5.74) is 0.419. The van der Waals surface area contributed by atoms with Gasteiger partial charge in [-0.25, -0.2) is 4.98 Å². The molecule has 1 aromatic heterocycles. The number of carbonyl (C=O) groups excluding carboxylic acids is 1. The highest BCUT2D eigenvalue weighted by Crippen LogP contribution is 1.92. The predicted octanol–water partition coefficient (Wildman–Crippen LogP) is -0.296. The van der Waals surface area contributed by atoms with E-state index in [9.17, 15) is 4.79 Å². The maximum absolute atomic E-state index is 10.3. The molecule has 0 amide bonds. The van der Waals surface area contributed by atoms with E-state index in [0.29, 0.717) is 31.7 Å². The van der Waals surface area contributed by atoms with Gasteiger partial charge >= 0.3 is 0 Å². The number of hydrogen-bond acceptors (Lipinski definition) is 4. The quantitative estimate of drug-likeness (QED) is 0.487. The Bertz CT molecular complexity index is 260. The largest absolute Gasteiger partial charge is 0.394 e. The third-order valence-electron chi connectivity index (χ3n) is 1.50. The molecule has 1 heterocycles. The molecule has 1 N–H and O–H groups in total. The number of aliphatic hydroxyl groups excluding tert-OH is 1. The Morgan fingerprint density at radius 2 is 2.46 bits per heavy atom. The van der Waals surface area contributed by atoms with E-state index < -0.39 is 0 Å². The molecule has 0 saturated carbocycles. The van der Waals surface area contributed by atoms with Crippen LogP contribution in [0.1, 0.15) is 10.5 Å². The summed E-state index contributed by atoms with van der Waals surface area (Å²) in [6, 6.07) is 0. The van der Waals surface area contributed by atoms with Crippen LogP contribution in [0.2, 0.25) is 0 Å². The summed E-state index contributed by atoms with van der Waals surface area (Å²) in [4.78, 5) is 14.1. The minimum Gasteiger partial charge on any atom is -0.394 e. The number of hydrogen-bond donors (Lipinski definition) is 1. The highest BCUT2D eigenvalue weighted by molar-refractivity contribution is 5.70. The van der Waals surface area contributed by atoms with E-state index in [1.165, 1.54) is 0 Å². The summed E-state index contributed by atoms with van der Waals surface area (Å²) in [6.07, 6.45) is 3.92. The molecule has 72 valence electrons. The van der Waals surface area contributed by atoms with Gasteiger partial charge in [-0.1, -0.05) is 0 Å². The van der Waals surface area contributed by atoms with Gasteiger partial charge in [0.25, 0.3) is 0 Å². The van der Waals surface area contributed by atoms with Crippen molar-refractivity contribution in [3.8, 4) is 0 Å². The van der Waals surface area contributed by atoms with Crippen LogP contribution in [0.4, 0.5) is 0 Å². The molecule has 0 fully saturated rings. The van der Waals surface area contributed by atoms with Crippen LogP contribution in [0, 0.1) is 0 Å². The van der Waals surface area contributed by atoms with Crippen molar-refractivity contribution in [1.82, 2.24) is 9.55 Å². The van der Waals surface area contributed by atoms with Crippen LogP contribution in [0.25, 0.3) is 0 Å². The average Bonchev–Trinajstić information content (AvgIpc) is 2.60. The summed E-state index contributed by atoms with van der Waals surface area (Å²) in [5, 5.41) is 8.42. The average molecular weight is 184 g/mol. The molecule has 1 aromatic rings. The number of aromatic nitrogens is 2. The molecule has 0 saturated heterocycles. The smallest absolute Gasteiger partial charge is 0.169 e. The third kappa shape index (κ3) is 3.35. The summed E-state index contributed by atoms with van der Waals surface area (Å²) in [5.74, 6) is 0. The summed E-state index contributed by atoms with van der Waals surface area (Å²) in [7, 11) is 0. The molecule has 1 rings (SSSR count). The van der Waals surface area contributed by atoms with Gasteiger partial charge in [0.1, 0.15) is 5.69 Å². The van der Waals surface area contributed by atoms with Crippen molar-refractivity contribution in [2.75, 3.05) is 19.8 Å². The van der Waals surface area contributed by atoms with Crippen LogP contribution in [-0.4, -0.2) is 40.8 Å². The Labute approximate surface area is 76.0 Å². The number of carbonyl (C=O) groups is 1. The Balaban J connectivity index is 2.24. The van der Waals surface area contributed by atoms with Gasteiger partial charge in [-0.05, 0) is 0 Å². The Morgan fingerprint density at radius 1 is 1.62 bits per heavy atom. The van der Waals surface area contributed by atoms with Crippen LogP contribution in [0.5, 0.6) is 0 Å². The van der Waals surface area contributed by atoms with E-state index in [0.717, 1.165) is 0 Å². The van der Waals surface area contributed by atoms with Crippen molar-refractivity contribution < 1.29 is 14.6 Å². The van der Waals surface area contributed by atoms with Crippen LogP contribution in [0.3, 0.4) is 0 Å². The zero-order chi connectivity index (χ0) is 9.52. The first kappa shape index (κ1) is 9.88. The van der Waals surface area contributed by atoms with E-state index in [2.05, 4.69) is 4.98 Å². The number of aldehydes is 1. The zero-order valence-corrected chi connectivity index (χ0v) is 7.22. The van der Waals surface area contributed by atoms with E-state index in [4.69, 9.17) is 9.84 Å². The van der Waals surface area contributed by atoms with Gasteiger partial charge in [0.05, 0.1) is 26.1 Å². The number of ether oxygens (including phenoxy) is 1. The standard InChI is InChI=1S/C8H12N2O3/c11-2-4-13-3-1-10-5-8(6-12)9-7-10/h5-7,11H,1-4H2. The number of imidazole rings is 1. The van der Waals surface area contributed by atoms with E-state index in [1.807, 2.05) is 0 Å². The lowest BCUT2D eigenvalue weighted by Gasteiger charge is -2.01. The Hall–Kier alpha value is -1.20. The van der Waals surface area contributed by atoms with Crippen LogP contribution in [0.15, 0.2) is 12.5 Å². The molecular formula is C8H12N2O3. The van der Waals surface area contributed by atoms with Crippen LogP contribution in [-0.2, 0) is 11.3 Å². The first-order valence-electron chi connectivity index (χ1n) is 4.02. The fourth-order valence-corrected chi connectivity index (χ4v) is 0.897. The van der Waals surface area contributed by atoms with Gasteiger partial charge in [0.15, 0.2) is 6.29 Å². The second kappa shape index (κ2) is 5.45. The molecule has 0 aliphatic rings. The molecule has 0 bridgehead atoms. The van der Waals surface area contributed by atoms with Gasteiger partial charge in [-0.15, -0.1) is 0 Å². The summed E-state index contributed by atoms with van der Waals surface area (Å²) < 4.78 is 6.81. The molecule has 0 radical (unpaired) electrons. The molecule has 0 aliphatic heterocycles. The summed E-state index contributed by atoms with van der Waals surface area (Å²) >= 11 is 0. The number of nitrogens with zero attached hydrogens (tertiary/aromatic N) is 2. The fourth-order valence-electron chi connectivity index (χ4n) is 0.897. The van der Waals surface area contributed by atoms with Crippen LogP contribution >= 0.6 is 0 Å². The minimum atomic E-state index is 0.0313. The fraction of sp³-hybridized carbons (Fsp3) is 0.500.